The Labute approximate surface area is 79.1 Å². The van der Waals surface area contributed by atoms with Crippen molar-refractivity contribution in [3.05, 3.63) is 0 Å². The Morgan fingerprint density at radius 3 is 2.77 bits per heavy atom. The Morgan fingerprint density at radius 1 is 1.38 bits per heavy atom. The van der Waals surface area contributed by atoms with E-state index < -0.39 is 0 Å². The Bertz CT molecular complexity index is 206. The minimum Gasteiger partial charge on any atom is -0.369 e. The normalized spacial score (nSPS) is 29.0. The predicted molar refractivity (Wildman–Crippen MR) is 55.4 cm³/mol. The van der Waals surface area contributed by atoms with E-state index in [0.717, 1.165) is 5.92 Å². The fraction of sp³-hybridized carbons (Fsp3) is 0.778. The van der Waals surface area contributed by atoms with Gasteiger partial charge in [0.05, 0.1) is 0 Å². The van der Waals surface area contributed by atoms with Crippen LogP contribution in [0.5, 0.6) is 0 Å². The topological polar surface area (TPSA) is 76.8 Å². The van der Waals surface area contributed by atoms with Crippen molar-refractivity contribution in [3.8, 4) is 0 Å². The summed E-state index contributed by atoms with van der Waals surface area (Å²) in [6.07, 6.45) is 6.93. The Balaban J connectivity index is 2.35. The molecule has 1 aliphatic carbocycles. The van der Waals surface area contributed by atoms with E-state index in [1.807, 2.05) is 6.21 Å². The summed E-state index contributed by atoms with van der Waals surface area (Å²) in [5, 5.41) is 7.43. The highest BCUT2D eigenvalue weighted by molar-refractivity contribution is 5.76. The highest BCUT2D eigenvalue weighted by Crippen LogP contribution is 2.27. The van der Waals surface area contributed by atoms with Crippen molar-refractivity contribution in [3.63, 3.8) is 0 Å². The highest BCUT2D eigenvalue weighted by atomic mass is 15.3. The molecule has 0 heterocycles. The molecule has 2 atom stereocenters. The molecule has 4 nitrogen and oxygen atoms in total. The zero-order valence-electron chi connectivity index (χ0n) is 8.11. The second-order valence-corrected chi connectivity index (χ2v) is 3.82. The largest absolute Gasteiger partial charge is 0.369 e. The van der Waals surface area contributed by atoms with Gasteiger partial charge in [-0.05, 0) is 24.7 Å². The van der Waals surface area contributed by atoms with Gasteiger partial charge in [-0.3, -0.25) is 0 Å². The van der Waals surface area contributed by atoms with Gasteiger partial charge in [-0.1, -0.05) is 19.8 Å². The lowest BCUT2D eigenvalue weighted by atomic mass is 9.83. The molecule has 0 aromatic heterocycles. The van der Waals surface area contributed by atoms with Crippen LogP contribution >= 0.6 is 0 Å². The maximum Gasteiger partial charge on any atom is 0.211 e. The first-order valence-electron chi connectivity index (χ1n) is 4.80. The van der Waals surface area contributed by atoms with Crippen LogP contribution in [0.2, 0.25) is 0 Å². The first-order chi connectivity index (χ1) is 6.18. The lowest BCUT2D eigenvalue weighted by Crippen LogP contribution is -2.22. The van der Waals surface area contributed by atoms with Gasteiger partial charge >= 0.3 is 0 Å². The molecule has 0 aromatic carbocycles. The van der Waals surface area contributed by atoms with E-state index in [0.29, 0.717) is 5.92 Å². The number of nitrogens with zero attached hydrogens (tertiary/aromatic N) is 2. The van der Waals surface area contributed by atoms with Crippen LogP contribution in [0, 0.1) is 11.8 Å². The minimum atomic E-state index is 0.0279. The molecular weight excluding hydrogens is 164 g/mol. The van der Waals surface area contributed by atoms with E-state index in [4.69, 9.17) is 11.5 Å². The van der Waals surface area contributed by atoms with Crippen LogP contribution in [0.1, 0.15) is 32.6 Å². The van der Waals surface area contributed by atoms with Gasteiger partial charge in [0, 0.05) is 6.21 Å². The standard InChI is InChI=1S/C9H18N4/c1-7-3-2-4-8(5-7)6-12-13-9(10)11/h6-8H,2-5H2,1H3,(H4,10,11,13). The summed E-state index contributed by atoms with van der Waals surface area (Å²) in [5.74, 6) is 1.40. The summed E-state index contributed by atoms with van der Waals surface area (Å²) in [5.41, 5.74) is 10.3. The summed E-state index contributed by atoms with van der Waals surface area (Å²) < 4.78 is 0. The van der Waals surface area contributed by atoms with Crippen molar-refractivity contribution in [2.24, 2.45) is 33.5 Å². The van der Waals surface area contributed by atoms with Gasteiger partial charge in [0.2, 0.25) is 5.96 Å². The molecule has 0 radical (unpaired) electrons. The zero-order chi connectivity index (χ0) is 9.68. The molecule has 0 aromatic rings. The maximum atomic E-state index is 5.15. The zero-order valence-corrected chi connectivity index (χ0v) is 8.11. The average molecular weight is 182 g/mol. The van der Waals surface area contributed by atoms with E-state index in [1.54, 1.807) is 0 Å². The SMILES string of the molecule is CC1CCCC(C=NN=C(N)N)C1. The molecule has 1 aliphatic rings. The molecule has 13 heavy (non-hydrogen) atoms. The lowest BCUT2D eigenvalue weighted by molar-refractivity contribution is 0.343. The molecule has 1 rings (SSSR count). The molecule has 0 saturated heterocycles. The van der Waals surface area contributed by atoms with E-state index >= 15 is 0 Å². The van der Waals surface area contributed by atoms with Crippen molar-refractivity contribution in [2.45, 2.75) is 32.6 Å². The number of guanidine groups is 1. The van der Waals surface area contributed by atoms with Crippen molar-refractivity contribution in [1.29, 1.82) is 0 Å². The van der Waals surface area contributed by atoms with E-state index in [2.05, 4.69) is 17.1 Å². The summed E-state index contributed by atoms with van der Waals surface area (Å²) >= 11 is 0. The third kappa shape index (κ3) is 3.92. The van der Waals surface area contributed by atoms with Crippen LogP contribution in [0.15, 0.2) is 10.2 Å². The number of nitrogens with two attached hydrogens (primary N) is 2. The summed E-state index contributed by atoms with van der Waals surface area (Å²) in [6, 6.07) is 0. The molecule has 4 heteroatoms. The third-order valence-electron chi connectivity index (χ3n) is 2.43. The first-order valence-corrected chi connectivity index (χ1v) is 4.80. The number of hydrogen-bond acceptors (Lipinski definition) is 2. The van der Waals surface area contributed by atoms with Crippen LogP contribution in [0.25, 0.3) is 0 Å². The smallest absolute Gasteiger partial charge is 0.211 e. The molecule has 0 bridgehead atoms. The second kappa shape index (κ2) is 4.84. The van der Waals surface area contributed by atoms with Crippen molar-refractivity contribution in [2.75, 3.05) is 0 Å². The Morgan fingerprint density at radius 2 is 2.15 bits per heavy atom. The summed E-state index contributed by atoms with van der Waals surface area (Å²) in [4.78, 5) is 0. The fourth-order valence-electron chi connectivity index (χ4n) is 1.81. The van der Waals surface area contributed by atoms with Crippen LogP contribution < -0.4 is 11.5 Å². The molecule has 4 N–H and O–H groups in total. The first kappa shape index (κ1) is 10.0. The van der Waals surface area contributed by atoms with Crippen LogP contribution in [-0.4, -0.2) is 12.2 Å². The average Bonchev–Trinajstić information content (AvgIpc) is 2.03. The molecule has 0 spiro atoms. The Kier molecular flexibility index (Phi) is 3.73. The summed E-state index contributed by atoms with van der Waals surface area (Å²) in [6.45, 7) is 2.28. The van der Waals surface area contributed by atoms with Crippen LogP contribution in [0.4, 0.5) is 0 Å². The van der Waals surface area contributed by atoms with Gasteiger partial charge in [-0.2, -0.15) is 5.10 Å². The molecule has 0 amide bonds. The summed E-state index contributed by atoms with van der Waals surface area (Å²) in [7, 11) is 0. The highest BCUT2D eigenvalue weighted by Gasteiger charge is 2.16. The van der Waals surface area contributed by atoms with Gasteiger partial charge in [0.25, 0.3) is 0 Å². The van der Waals surface area contributed by atoms with E-state index in [-0.39, 0.29) is 5.96 Å². The molecule has 0 aliphatic heterocycles. The van der Waals surface area contributed by atoms with E-state index in [1.165, 1.54) is 25.7 Å². The second-order valence-electron chi connectivity index (χ2n) is 3.82. The maximum absolute atomic E-state index is 5.15. The van der Waals surface area contributed by atoms with Gasteiger partial charge in [-0.15, -0.1) is 5.10 Å². The van der Waals surface area contributed by atoms with Gasteiger partial charge in [-0.25, -0.2) is 0 Å². The molecule has 2 unspecified atom stereocenters. The van der Waals surface area contributed by atoms with Gasteiger partial charge in [0.15, 0.2) is 0 Å². The molecular formula is C9H18N4. The van der Waals surface area contributed by atoms with Crippen LogP contribution in [-0.2, 0) is 0 Å². The lowest BCUT2D eigenvalue weighted by Gasteiger charge is -2.22. The van der Waals surface area contributed by atoms with Crippen molar-refractivity contribution in [1.82, 2.24) is 0 Å². The predicted octanol–water partition coefficient (Wildman–Crippen LogP) is 1.07. The monoisotopic (exact) mass is 182 g/mol. The molecule has 1 saturated carbocycles. The Hall–Kier alpha value is -1.06. The minimum absolute atomic E-state index is 0.0279. The number of rotatable bonds is 2. The van der Waals surface area contributed by atoms with E-state index in [9.17, 15) is 0 Å². The van der Waals surface area contributed by atoms with Gasteiger partial charge < -0.3 is 11.5 Å². The number of hydrogen-bond donors (Lipinski definition) is 2. The van der Waals surface area contributed by atoms with Crippen molar-refractivity contribution < 1.29 is 0 Å². The quantitative estimate of drug-likeness (QED) is 0.381. The van der Waals surface area contributed by atoms with Gasteiger partial charge in [0.1, 0.15) is 0 Å². The van der Waals surface area contributed by atoms with Crippen molar-refractivity contribution >= 4 is 12.2 Å². The molecule has 1 fully saturated rings. The fourth-order valence-corrected chi connectivity index (χ4v) is 1.81. The molecule has 74 valence electrons. The van der Waals surface area contributed by atoms with Crippen LogP contribution in [0.3, 0.4) is 0 Å². The third-order valence-corrected chi connectivity index (χ3v) is 2.43.